The molecule has 25 heavy (non-hydrogen) atoms. The summed E-state index contributed by atoms with van der Waals surface area (Å²) >= 11 is 5.18. The van der Waals surface area contributed by atoms with Crippen LogP contribution in [0.4, 0.5) is 5.69 Å². The SMILES string of the molecule is CCn1cccc1/C=C1\C(=O)NC(=S)N(c2ccc(OC)cc2)C1=O. The predicted octanol–water partition coefficient (Wildman–Crippen LogP) is 2.35. The van der Waals surface area contributed by atoms with E-state index in [2.05, 4.69) is 5.32 Å². The van der Waals surface area contributed by atoms with Gasteiger partial charge >= 0.3 is 0 Å². The fraction of sp³-hybridized carbons (Fsp3) is 0.167. The first-order chi connectivity index (χ1) is 12.0. The van der Waals surface area contributed by atoms with Crippen LogP contribution in [0.2, 0.25) is 0 Å². The first-order valence-electron chi connectivity index (χ1n) is 7.75. The molecule has 1 N–H and O–H groups in total. The fourth-order valence-corrected chi connectivity index (χ4v) is 2.90. The summed E-state index contributed by atoms with van der Waals surface area (Å²) in [6, 6.07) is 10.6. The van der Waals surface area contributed by atoms with E-state index in [9.17, 15) is 9.59 Å². The molecule has 0 bridgehead atoms. The second kappa shape index (κ2) is 6.90. The van der Waals surface area contributed by atoms with Crippen molar-refractivity contribution in [3.63, 3.8) is 0 Å². The molecular formula is C18H17N3O3S. The predicted molar refractivity (Wildman–Crippen MR) is 99.3 cm³/mol. The lowest BCUT2D eigenvalue weighted by Crippen LogP contribution is -2.54. The maximum atomic E-state index is 12.9. The number of aromatic nitrogens is 1. The van der Waals surface area contributed by atoms with Crippen LogP contribution in [0.25, 0.3) is 6.08 Å². The van der Waals surface area contributed by atoms with Gasteiger partial charge in [0.1, 0.15) is 11.3 Å². The Balaban J connectivity index is 1.99. The summed E-state index contributed by atoms with van der Waals surface area (Å²) in [5, 5.41) is 2.63. The average Bonchev–Trinajstić information content (AvgIpc) is 3.06. The van der Waals surface area contributed by atoms with Crippen molar-refractivity contribution in [3.05, 3.63) is 53.9 Å². The molecule has 128 valence electrons. The standard InChI is InChI=1S/C18H17N3O3S/c1-3-20-10-4-5-13(20)11-15-16(22)19-18(25)21(17(15)23)12-6-8-14(24-2)9-7-12/h4-11H,3H2,1-2H3,(H,19,22,25)/b15-11+. The van der Waals surface area contributed by atoms with Crippen molar-refractivity contribution in [2.24, 2.45) is 0 Å². The Morgan fingerprint density at radius 2 is 1.92 bits per heavy atom. The number of methoxy groups -OCH3 is 1. The number of carbonyl (C=O) groups excluding carboxylic acids is 2. The number of anilines is 1. The molecule has 3 rings (SSSR count). The first kappa shape index (κ1) is 16.9. The number of rotatable bonds is 4. The Kier molecular flexibility index (Phi) is 4.67. The van der Waals surface area contributed by atoms with Crippen molar-refractivity contribution in [2.75, 3.05) is 12.0 Å². The van der Waals surface area contributed by atoms with Gasteiger partial charge in [0.2, 0.25) is 0 Å². The van der Waals surface area contributed by atoms with Crippen LogP contribution in [-0.4, -0.2) is 28.6 Å². The quantitative estimate of drug-likeness (QED) is 0.519. The van der Waals surface area contributed by atoms with Gasteiger partial charge in [0.05, 0.1) is 12.8 Å². The number of amides is 2. The van der Waals surface area contributed by atoms with E-state index in [-0.39, 0.29) is 10.7 Å². The van der Waals surface area contributed by atoms with E-state index in [0.717, 1.165) is 12.2 Å². The molecule has 7 heteroatoms. The molecule has 1 aromatic heterocycles. The van der Waals surface area contributed by atoms with E-state index < -0.39 is 11.8 Å². The number of thiocarbonyl (C=S) groups is 1. The molecule has 0 aliphatic carbocycles. The van der Waals surface area contributed by atoms with Crippen molar-refractivity contribution >= 4 is 40.9 Å². The molecule has 0 unspecified atom stereocenters. The van der Waals surface area contributed by atoms with E-state index in [1.165, 1.54) is 4.90 Å². The summed E-state index contributed by atoms with van der Waals surface area (Å²) in [4.78, 5) is 26.5. The molecule has 2 aromatic rings. The highest BCUT2D eigenvalue weighted by Gasteiger charge is 2.34. The van der Waals surface area contributed by atoms with Crippen LogP contribution >= 0.6 is 12.2 Å². The Bertz CT molecular complexity index is 868. The van der Waals surface area contributed by atoms with Crippen LogP contribution in [0.5, 0.6) is 5.75 Å². The van der Waals surface area contributed by atoms with Crippen molar-refractivity contribution < 1.29 is 14.3 Å². The van der Waals surface area contributed by atoms with Gasteiger partial charge in [0.15, 0.2) is 5.11 Å². The van der Waals surface area contributed by atoms with Gasteiger partial charge in [-0.2, -0.15) is 0 Å². The monoisotopic (exact) mass is 355 g/mol. The second-order valence-electron chi connectivity index (χ2n) is 5.37. The molecule has 2 amide bonds. The average molecular weight is 355 g/mol. The minimum atomic E-state index is -0.497. The molecule has 6 nitrogen and oxygen atoms in total. The van der Waals surface area contributed by atoms with Crippen LogP contribution in [0.15, 0.2) is 48.2 Å². The fourth-order valence-electron chi connectivity index (χ4n) is 2.62. The summed E-state index contributed by atoms with van der Waals surface area (Å²) in [5.41, 5.74) is 1.38. The van der Waals surface area contributed by atoms with Gasteiger partial charge in [-0.15, -0.1) is 0 Å². The summed E-state index contributed by atoms with van der Waals surface area (Å²) in [6.45, 7) is 2.73. The zero-order chi connectivity index (χ0) is 18.0. The van der Waals surface area contributed by atoms with Crippen molar-refractivity contribution in [2.45, 2.75) is 13.5 Å². The largest absolute Gasteiger partial charge is 0.497 e. The molecule has 0 saturated carbocycles. The van der Waals surface area contributed by atoms with Gasteiger partial charge in [-0.05, 0) is 61.6 Å². The number of ether oxygens (including phenoxy) is 1. The second-order valence-corrected chi connectivity index (χ2v) is 5.76. The summed E-state index contributed by atoms with van der Waals surface area (Å²) in [7, 11) is 1.57. The van der Waals surface area contributed by atoms with Crippen molar-refractivity contribution in [3.8, 4) is 5.75 Å². The summed E-state index contributed by atoms with van der Waals surface area (Å²) in [5.74, 6) is -0.286. The number of hydrogen-bond acceptors (Lipinski definition) is 4. The lowest BCUT2D eigenvalue weighted by molar-refractivity contribution is -0.122. The Labute approximate surface area is 150 Å². The molecule has 1 aliphatic rings. The number of nitrogens with one attached hydrogen (secondary N) is 1. The van der Waals surface area contributed by atoms with Gasteiger partial charge in [0, 0.05) is 18.4 Å². The number of nitrogens with zero attached hydrogens (tertiary/aromatic N) is 2. The maximum Gasteiger partial charge on any atom is 0.270 e. The molecule has 0 atom stereocenters. The van der Waals surface area contributed by atoms with Crippen LogP contribution in [0, 0.1) is 0 Å². The van der Waals surface area contributed by atoms with Gasteiger partial charge in [-0.25, -0.2) is 0 Å². The molecule has 0 spiro atoms. The number of hydrogen-bond donors (Lipinski definition) is 1. The van der Waals surface area contributed by atoms with E-state index in [0.29, 0.717) is 11.4 Å². The van der Waals surface area contributed by atoms with Gasteiger partial charge < -0.3 is 9.30 Å². The van der Waals surface area contributed by atoms with Gasteiger partial charge in [-0.3, -0.25) is 19.8 Å². The summed E-state index contributed by atoms with van der Waals surface area (Å²) in [6.07, 6.45) is 3.48. The molecule has 1 saturated heterocycles. The zero-order valence-corrected chi connectivity index (χ0v) is 14.7. The minimum Gasteiger partial charge on any atom is -0.497 e. The lowest BCUT2D eigenvalue weighted by atomic mass is 10.1. The van der Waals surface area contributed by atoms with Gasteiger partial charge in [0.25, 0.3) is 11.8 Å². The highest BCUT2D eigenvalue weighted by Crippen LogP contribution is 2.24. The number of aryl methyl sites for hydroxylation is 1. The highest BCUT2D eigenvalue weighted by atomic mass is 32.1. The van der Waals surface area contributed by atoms with Gasteiger partial charge in [-0.1, -0.05) is 0 Å². The smallest absolute Gasteiger partial charge is 0.270 e. The van der Waals surface area contributed by atoms with E-state index in [1.54, 1.807) is 37.5 Å². The Morgan fingerprint density at radius 1 is 1.20 bits per heavy atom. The van der Waals surface area contributed by atoms with Crippen molar-refractivity contribution in [1.29, 1.82) is 0 Å². The summed E-state index contributed by atoms with van der Waals surface area (Å²) < 4.78 is 7.07. The molecule has 1 fully saturated rings. The zero-order valence-electron chi connectivity index (χ0n) is 13.9. The van der Waals surface area contributed by atoms with E-state index >= 15 is 0 Å². The minimum absolute atomic E-state index is 0.0396. The van der Waals surface area contributed by atoms with Crippen LogP contribution in [0.3, 0.4) is 0 Å². The third-order valence-electron chi connectivity index (χ3n) is 3.93. The lowest BCUT2D eigenvalue weighted by Gasteiger charge is -2.29. The van der Waals surface area contributed by atoms with Crippen LogP contribution in [0.1, 0.15) is 12.6 Å². The Morgan fingerprint density at radius 3 is 2.56 bits per heavy atom. The molecule has 1 aliphatic heterocycles. The van der Waals surface area contributed by atoms with Crippen molar-refractivity contribution in [1.82, 2.24) is 9.88 Å². The number of benzene rings is 1. The molecule has 0 radical (unpaired) electrons. The first-order valence-corrected chi connectivity index (χ1v) is 8.16. The highest BCUT2D eigenvalue weighted by molar-refractivity contribution is 7.80. The normalized spacial score (nSPS) is 16.3. The topological polar surface area (TPSA) is 63.6 Å². The van der Waals surface area contributed by atoms with Crippen LogP contribution < -0.4 is 15.0 Å². The third kappa shape index (κ3) is 3.18. The van der Waals surface area contributed by atoms with E-state index in [4.69, 9.17) is 17.0 Å². The third-order valence-corrected chi connectivity index (χ3v) is 4.21. The molecule has 2 heterocycles. The van der Waals surface area contributed by atoms with Crippen LogP contribution in [-0.2, 0) is 16.1 Å². The number of carbonyl (C=O) groups is 2. The van der Waals surface area contributed by atoms with E-state index in [1.807, 2.05) is 29.8 Å². The Hall–Kier alpha value is -2.93. The maximum absolute atomic E-state index is 12.9. The molecular weight excluding hydrogens is 338 g/mol. The molecule has 1 aromatic carbocycles.